The van der Waals surface area contributed by atoms with Crippen molar-refractivity contribution in [3.8, 4) is 11.1 Å². The number of ether oxygens (including phenoxy) is 1. The van der Waals surface area contributed by atoms with Gasteiger partial charge in [0.1, 0.15) is 18.7 Å². The summed E-state index contributed by atoms with van der Waals surface area (Å²) in [5.41, 5.74) is 3.29. The van der Waals surface area contributed by atoms with Gasteiger partial charge in [0.05, 0.1) is 6.54 Å². The molecule has 35 heavy (non-hydrogen) atoms. The summed E-state index contributed by atoms with van der Waals surface area (Å²) in [6.07, 6.45) is -1.84. The Morgan fingerprint density at radius 2 is 1.63 bits per heavy atom. The fourth-order valence-electron chi connectivity index (χ4n) is 4.84. The molecule has 2 amide bonds. The zero-order chi connectivity index (χ0) is 25.5. The van der Waals surface area contributed by atoms with Gasteiger partial charge in [-0.3, -0.25) is 4.79 Å². The molecule has 1 heterocycles. The molecule has 2 aromatic rings. The number of carbonyl (C=O) groups excluding carboxylic acids is 2. The summed E-state index contributed by atoms with van der Waals surface area (Å²) in [4.78, 5) is 38.1. The Balaban J connectivity index is 1.49. The zero-order valence-electron chi connectivity index (χ0n) is 19.8. The number of fused-ring (bicyclic) bond motifs is 3. The SMILES string of the molecule is CC(C)(C)[C@H](NC(=O)OCC1c2ccccc2-c2ccccc21)C(=O)N1CC(F)(F)CC1C(=O)O. The van der Waals surface area contributed by atoms with Crippen LogP contribution in [-0.2, 0) is 14.3 Å². The first-order valence-electron chi connectivity index (χ1n) is 11.4. The fraction of sp³-hybridized carbons (Fsp3) is 0.423. The van der Waals surface area contributed by atoms with Gasteiger partial charge in [0, 0.05) is 12.3 Å². The van der Waals surface area contributed by atoms with Crippen molar-refractivity contribution in [2.75, 3.05) is 13.2 Å². The predicted octanol–water partition coefficient (Wildman–Crippen LogP) is 4.26. The summed E-state index contributed by atoms with van der Waals surface area (Å²) < 4.78 is 33.4. The second-order valence-corrected chi connectivity index (χ2v) is 10.1. The van der Waals surface area contributed by atoms with Gasteiger partial charge in [0.2, 0.25) is 5.91 Å². The summed E-state index contributed by atoms with van der Waals surface area (Å²) >= 11 is 0. The van der Waals surface area contributed by atoms with Crippen LogP contribution >= 0.6 is 0 Å². The van der Waals surface area contributed by atoms with Crippen LogP contribution in [0.5, 0.6) is 0 Å². The lowest BCUT2D eigenvalue weighted by molar-refractivity contribution is -0.150. The Labute approximate surface area is 202 Å². The number of amides is 2. The number of alkyl halides is 2. The third kappa shape index (κ3) is 4.85. The number of carboxylic acid groups (broad SMARTS) is 1. The van der Waals surface area contributed by atoms with Gasteiger partial charge in [0.25, 0.3) is 5.92 Å². The molecule has 1 aliphatic heterocycles. The minimum absolute atomic E-state index is 0.0183. The van der Waals surface area contributed by atoms with Crippen molar-refractivity contribution in [2.24, 2.45) is 5.41 Å². The second kappa shape index (κ2) is 8.94. The maximum atomic E-state index is 14.0. The smallest absolute Gasteiger partial charge is 0.407 e. The standard InChI is InChI=1S/C26H28F2N2O5/c1-25(2,3)21(22(31)30-14-26(27,28)12-20(30)23(32)33)29-24(34)35-13-19-17-10-6-4-8-15(17)16-9-5-7-11-18(16)19/h4-11,19-21H,12-14H2,1-3H3,(H,29,34)(H,32,33)/t20?,21-/m1/s1. The van der Waals surface area contributed by atoms with Gasteiger partial charge in [-0.1, -0.05) is 69.3 Å². The van der Waals surface area contributed by atoms with E-state index < -0.39 is 54.4 Å². The van der Waals surface area contributed by atoms with Crippen LogP contribution in [0.3, 0.4) is 0 Å². The molecule has 2 atom stereocenters. The quantitative estimate of drug-likeness (QED) is 0.659. The zero-order valence-corrected chi connectivity index (χ0v) is 19.8. The minimum Gasteiger partial charge on any atom is -0.480 e. The molecule has 0 aromatic heterocycles. The lowest BCUT2D eigenvalue weighted by Gasteiger charge is -2.34. The number of aliphatic carboxylic acids is 1. The Morgan fingerprint density at radius 3 is 2.14 bits per heavy atom. The van der Waals surface area contributed by atoms with Gasteiger partial charge >= 0.3 is 12.1 Å². The van der Waals surface area contributed by atoms with E-state index in [1.807, 2.05) is 48.5 Å². The van der Waals surface area contributed by atoms with Crippen molar-refractivity contribution in [1.82, 2.24) is 10.2 Å². The van der Waals surface area contributed by atoms with Crippen LogP contribution in [0.2, 0.25) is 0 Å². The summed E-state index contributed by atoms with van der Waals surface area (Å²) in [5, 5.41) is 11.9. The van der Waals surface area contributed by atoms with Crippen molar-refractivity contribution in [1.29, 1.82) is 0 Å². The van der Waals surface area contributed by atoms with Gasteiger partial charge in [-0.05, 0) is 27.7 Å². The Morgan fingerprint density at radius 1 is 1.09 bits per heavy atom. The predicted molar refractivity (Wildman–Crippen MR) is 124 cm³/mol. The van der Waals surface area contributed by atoms with E-state index in [0.717, 1.165) is 22.3 Å². The first-order valence-corrected chi connectivity index (χ1v) is 11.4. The van der Waals surface area contributed by atoms with Gasteiger partial charge in [-0.2, -0.15) is 0 Å². The van der Waals surface area contributed by atoms with Crippen molar-refractivity contribution in [3.63, 3.8) is 0 Å². The third-order valence-corrected chi connectivity index (χ3v) is 6.56. The molecule has 7 nitrogen and oxygen atoms in total. The number of nitrogens with zero attached hydrogens (tertiary/aromatic N) is 1. The number of benzene rings is 2. The van der Waals surface area contributed by atoms with Crippen LogP contribution < -0.4 is 5.32 Å². The number of hydrogen-bond donors (Lipinski definition) is 2. The summed E-state index contributed by atoms with van der Waals surface area (Å²) in [7, 11) is 0. The molecule has 2 aliphatic rings. The number of likely N-dealkylation sites (tertiary alicyclic amines) is 1. The van der Waals surface area contributed by atoms with Crippen LogP contribution in [0.25, 0.3) is 11.1 Å². The average Bonchev–Trinajstić information content (AvgIpc) is 3.29. The highest BCUT2D eigenvalue weighted by Crippen LogP contribution is 2.44. The highest BCUT2D eigenvalue weighted by molar-refractivity contribution is 5.90. The molecule has 2 aromatic carbocycles. The normalized spacial score (nSPS) is 19.6. The van der Waals surface area contributed by atoms with Crippen LogP contribution in [0.4, 0.5) is 13.6 Å². The monoisotopic (exact) mass is 486 g/mol. The molecule has 1 saturated heterocycles. The molecule has 9 heteroatoms. The van der Waals surface area contributed by atoms with Crippen molar-refractivity contribution < 1.29 is 33.0 Å². The van der Waals surface area contributed by atoms with Crippen LogP contribution in [-0.4, -0.2) is 59.1 Å². The largest absolute Gasteiger partial charge is 0.480 e. The maximum absolute atomic E-state index is 14.0. The summed E-state index contributed by atoms with van der Waals surface area (Å²) in [6, 6.07) is 12.8. The minimum atomic E-state index is -3.31. The highest BCUT2D eigenvalue weighted by atomic mass is 19.3. The molecule has 0 saturated carbocycles. The molecule has 1 unspecified atom stereocenters. The lowest BCUT2D eigenvalue weighted by Crippen LogP contribution is -2.57. The second-order valence-electron chi connectivity index (χ2n) is 10.1. The van der Waals surface area contributed by atoms with E-state index in [2.05, 4.69) is 5.32 Å². The van der Waals surface area contributed by atoms with E-state index in [4.69, 9.17) is 4.74 Å². The number of carbonyl (C=O) groups is 3. The van der Waals surface area contributed by atoms with Crippen molar-refractivity contribution in [3.05, 3.63) is 59.7 Å². The van der Waals surface area contributed by atoms with Crippen molar-refractivity contribution in [2.45, 2.75) is 51.1 Å². The van der Waals surface area contributed by atoms with Crippen LogP contribution in [0, 0.1) is 5.41 Å². The Bertz CT molecular complexity index is 1110. The molecule has 0 bridgehead atoms. The van der Waals surface area contributed by atoms with Crippen LogP contribution in [0.1, 0.15) is 44.2 Å². The molecule has 4 rings (SSSR count). The molecule has 2 N–H and O–H groups in total. The number of carboxylic acids is 1. The van der Waals surface area contributed by atoms with Crippen LogP contribution in [0.15, 0.2) is 48.5 Å². The molecular weight excluding hydrogens is 458 g/mol. The number of rotatable bonds is 5. The number of halogens is 2. The third-order valence-electron chi connectivity index (χ3n) is 6.56. The van der Waals surface area contributed by atoms with E-state index in [9.17, 15) is 28.3 Å². The van der Waals surface area contributed by atoms with E-state index in [-0.39, 0.29) is 12.5 Å². The average molecular weight is 487 g/mol. The first kappa shape index (κ1) is 24.6. The van der Waals surface area contributed by atoms with Gasteiger partial charge in [-0.25, -0.2) is 18.4 Å². The Hall–Kier alpha value is -3.49. The van der Waals surface area contributed by atoms with E-state index in [1.165, 1.54) is 0 Å². The van der Waals surface area contributed by atoms with E-state index in [1.54, 1.807) is 20.8 Å². The van der Waals surface area contributed by atoms with E-state index >= 15 is 0 Å². The van der Waals surface area contributed by atoms with E-state index in [0.29, 0.717) is 4.90 Å². The first-order chi connectivity index (χ1) is 16.4. The lowest BCUT2D eigenvalue weighted by atomic mass is 9.85. The molecule has 1 aliphatic carbocycles. The molecule has 0 spiro atoms. The molecule has 186 valence electrons. The fourth-order valence-corrected chi connectivity index (χ4v) is 4.84. The van der Waals surface area contributed by atoms with Gasteiger partial charge in [0.15, 0.2) is 0 Å². The molecule has 0 radical (unpaired) electrons. The van der Waals surface area contributed by atoms with Gasteiger partial charge < -0.3 is 20.1 Å². The summed E-state index contributed by atoms with van der Waals surface area (Å²) in [6.45, 7) is 3.97. The topological polar surface area (TPSA) is 95.9 Å². The summed E-state index contributed by atoms with van der Waals surface area (Å²) in [5.74, 6) is -5.89. The van der Waals surface area contributed by atoms with Crippen molar-refractivity contribution >= 4 is 18.0 Å². The molecular formula is C26H28F2N2O5. The maximum Gasteiger partial charge on any atom is 0.407 e. The van der Waals surface area contributed by atoms with Gasteiger partial charge in [-0.15, -0.1) is 0 Å². The molecule has 1 fully saturated rings. The highest BCUT2D eigenvalue weighted by Gasteiger charge is 2.52. The Kier molecular flexibility index (Phi) is 6.29. The number of alkyl carbamates (subject to hydrolysis) is 1. The number of hydrogen-bond acceptors (Lipinski definition) is 4. The number of nitrogens with one attached hydrogen (secondary N) is 1.